The van der Waals surface area contributed by atoms with Gasteiger partial charge in [0.1, 0.15) is 11.5 Å². The van der Waals surface area contributed by atoms with Crippen LogP contribution in [-0.2, 0) is 16.1 Å². The minimum Gasteiger partial charge on any atom is -0.484 e. The molecule has 4 rings (SSSR count). The van der Waals surface area contributed by atoms with E-state index >= 15 is 0 Å². The van der Waals surface area contributed by atoms with Crippen molar-refractivity contribution in [2.45, 2.75) is 31.8 Å². The zero-order valence-electron chi connectivity index (χ0n) is 18.4. The lowest BCUT2D eigenvalue weighted by Gasteiger charge is -2.35. The Balaban J connectivity index is 1.28. The highest BCUT2D eigenvalue weighted by Crippen LogP contribution is 2.20. The second kappa shape index (κ2) is 11.2. The van der Waals surface area contributed by atoms with Crippen molar-refractivity contribution >= 4 is 17.5 Å². The predicted molar refractivity (Wildman–Crippen MR) is 124 cm³/mol. The van der Waals surface area contributed by atoms with Crippen molar-refractivity contribution in [1.29, 1.82) is 0 Å². The number of carbonyl (C=O) groups is 2. The summed E-state index contributed by atoms with van der Waals surface area (Å²) in [6.45, 7) is 1.21. The summed E-state index contributed by atoms with van der Waals surface area (Å²) in [5, 5.41) is 7.16. The van der Waals surface area contributed by atoms with Crippen LogP contribution in [0.2, 0.25) is 0 Å². The Morgan fingerprint density at radius 1 is 0.939 bits per heavy atom. The minimum absolute atomic E-state index is 0.0162. The zero-order chi connectivity index (χ0) is 22.9. The van der Waals surface area contributed by atoms with E-state index in [1.807, 2.05) is 53.4 Å². The molecule has 33 heavy (non-hydrogen) atoms. The molecular weight excluding hydrogens is 420 g/mol. The quantitative estimate of drug-likeness (QED) is 0.543. The maximum Gasteiger partial charge on any atom is 0.262 e. The molecule has 0 aliphatic carbocycles. The van der Waals surface area contributed by atoms with Crippen molar-refractivity contribution in [2.75, 3.05) is 25.1 Å². The standard InChI is InChI=1S/C25H28N4O4/c30-24(18-32-22-10-3-1-4-11-22)27-20-15-26-28(16-20)17-21-9-7-8-14-29(21)25(31)19-33-23-12-5-2-6-13-23/h1-6,10-13,15-16,21H,7-9,14,17-19H2,(H,27,30)/t21-/m0/s1. The molecule has 1 aliphatic rings. The molecule has 1 saturated heterocycles. The molecule has 3 aromatic rings. The summed E-state index contributed by atoms with van der Waals surface area (Å²) in [4.78, 5) is 26.9. The number of nitrogens with one attached hydrogen (secondary N) is 1. The Morgan fingerprint density at radius 3 is 2.30 bits per heavy atom. The molecule has 1 N–H and O–H groups in total. The Bertz CT molecular complexity index is 1040. The number of nitrogens with zero attached hydrogens (tertiary/aromatic N) is 3. The van der Waals surface area contributed by atoms with E-state index in [0.717, 1.165) is 19.3 Å². The predicted octanol–water partition coefficient (Wildman–Crippen LogP) is 3.36. The molecule has 2 aromatic carbocycles. The summed E-state index contributed by atoms with van der Waals surface area (Å²) in [6, 6.07) is 18.6. The third-order valence-electron chi connectivity index (χ3n) is 5.48. The molecule has 1 fully saturated rings. The van der Waals surface area contributed by atoms with Gasteiger partial charge in [0.25, 0.3) is 11.8 Å². The highest BCUT2D eigenvalue weighted by molar-refractivity contribution is 5.91. The average molecular weight is 449 g/mol. The van der Waals surface area contributed by atoms with E-state index in [0.29, 0.717) is 30.3 Å². The van der Waals surface area contributed by atoms with Crippen LogP contribution in [0.15, 0.2) is 73.1 Å². The van der Waals surface area contributed by atoms with Crippen LogP contribution in [0.5, 0.6) is 11.5 Å². The van der Waals surface area contributed by atoms with E-state index in [2.05, 4.69) is 10.4 Å². The number of para-hydroxylation sites is 2. The third kappa shape index (κ3) is 6.58. The molecule has 1 atom stereocenters. The summed E-state index contributed by atoms with van der Waals surface area (Å²) in [6.07, 6.45) is 6.33. The smallest absolute Gasteiger partial charge is 0.262 e. The summed E-state index contributed by atoms with van der Waals surface area (Å²) in [5.74, 6) is 1.04. The molecule has 8 nitrogen and oxygen atoms in total. The van der Waals surface area contributed by atoms with Crippen molar-refractivity contribution in [1.82, 2.24) is 14.7 Å². The van der Waals surface area contributed by atoms with Crippen molar-refractivity contribution in [3.63, 3.8) is 0 Å². The number of anilines is 1. The molecule has 0 bridgehead atoms. The van der Waals surface area contributed by atoms with Crippen LogP contribution >= 0.6 is 0 Å². The number of amides is 2. The molecule has 0 radical (unpaired) electrons. The molecule has 0 unspecified atom stereocenters. The van der Waals surface area contributed by atoms with Gasteiger partial charge in [0.05, 0.1) is 24.5 Å². The van der Waals surface area contributed by atoms with Gasteiger partial charge in [0.15, 0.2) is 13.2 Å². The van der Waals surface area contributed by atoms with E-state index < -0.39 is 0 Å². The van der Waals surface area contributed by atoms with Gasteiger partial charge < -0.3 is 19.7 Å². The van der Waals surface area contributed by atoms with Gasteiger partial charge in [-0.1, -0.05) is 36.4 Å². The molecule has 172 valence electrons. The Labute approximate surface area is 193 Å². The molecule has 0 saturated carbocycles. The monoisotopic (exact) mass is 448 g/mol. The van der Waals surface area contributed by atoms with Crippen LogP contribution in [0.1, 0.15) is 19.3 Å². The molecular formula is C25H28N4O4. The number of carbonyl (C=O) groups excluding carboxylic acids is 2. The second-order valence-corrected chi connectivity index (χ2v) is 7.94. The number of hydrogen-bond acceptors (Lipinski definition) is 5. The number of benzene rings is 2. The third-order valence-corrected chi connectivity index (χ3v) is 5.48. The van der Waals surface area contributed by atoms with Gasteiger partial charge in [-0.05, 0) is 43.5 Å². The van der Waals surface area contributed by atoms with Crippen molar-refractivity contribution in [2.24, 2.45) is 0 Å². The van der Waals surface area contributed by atoms with Gasteiger partial charge >= 0.3 is 0 Å². The van der Waals surface area contributed by atoms with Gasteiger partial charge in [0.2, 0.25) is 0 Å². The first kappa shape index (κ1) is 22.4. The SMILES string of the molecule is O=C(COc1ccccc1)Nc1cnn(C[C@@H]2CCCCN2C(=O)COc2ccccc2)c1. The van der Waals surface area contributed by atoms with Crippen LogP contribution in [0, 0.1) is 0 Å². The van der Waals surface area contributed by atoms with E-state index in [-0.39, 0.29) is 31.1 Å². The number of hydrogen-bond donors (Lipinski definition) is 1. The van der Waals surface area contributed by atoms with E-state index in [4.69, 9.17) is 9.47 Å². The Morgan fingerprint density at radius 2 is 1.61 bits per heavy atom. The largest absolute Gasteiger partial charge is 0.484 e. The highest BCUT2D eigenvalue weighted by atomic mass is 16.5. The van der Waals surface area contributed by atoms with E-state index in [1.54, 1.807) is 29.2 Å². The number of aromatic nitrogens is 2. The maximum atomic E-state index is 12.8. The van der Waals surface area contributed by atoms with Gasteiger partial charge in [-0.3, -0.25) is 14.3 Å². The summed E-state index contributed by atoms with van der Waals surface area (Å²) in [7, 11) is 0. The van der Waals surface area contributed by atoms with Crippen LogP contribution in [0.3, 0.4) is 0 Å². The van der Waals surface area contributed by atoms with Crippen molar-refractivity contribution < 1.29 is 19.1 Å². The molecule has 1 aromatic heterocycles. The molecule has 8 heteroatoms. The van der Waals surface area contributed by atoms with Crippen LogP contribution in [0.25, 0.3) is 0 Å². The minimum atomic E-state index is -0.258. The average Bonchev–Trinajstić information content (AvgIpc) is 3.29. The topological polar surface area (TPSA) is 85.7 Å². The second-order valence-electron chi connectivity index (χ2n) is 7.94. The Kier molecular flexibility index (Phi) is 7.58. The summed E-state index contributed by atoms with van der Waals surface area (Å²) in [5.41, 5.74) is 0.595. The summed E-state index contributed by atoms with van der Waals surface area (Å²) >= 11 is 0. The number of likely N-dealkylation sites (tertiary alicyclic amines) is 1. The molecule has 1 aliphatic heterocycles. The van der Waals surface area contributed by atoms with E-state index in [1.165, 1.54) is 0 Å². The van der Waals surface area contributed by atoms with E-state index in [9.17, 15) is 9.59 Å². The fraction of sp³-hybridized carbons (Fsp3) is 0.320. The highest BCUT2D eigenvalue weighted by Gasteiger charge is 2.27. The number of ether oxygens (including phenoxy) is 2. The number of rotatable bonds is 9. The lowest BCUT2D eigenvalue weighted by molar-refractivity contribution is -0.137. The first-order chi connectivity index (χ1) is 16.2. The number of piperidine rings is 1. The first-order valence-corrected chi connectivity index (χ1v) is 11.1. The first-order valence-electron chi connectivity index (χ1n) is 11.1. The van der Waals surface area contributed by atoms with Gasteiger partial charge in [-0.25, -0.2) is 0 Å². The molecule has 0 spiro atoms. The van der Waals surface area contributed by atoms with Crippen LogP contribution in [-0.4, -0.2) is 52.3 Å². The van der Waals surface area contributed by atoms with Gasteiger partial charge in [0, 0.05) is 12.7 Å². The Hall–Kier alpha value is -3.81. The lowest BCUT2D eigenvalue weighted by Crippen LogP contribution is -2.47. The van der Waals surface area contributed by atoms with Crippen molar-refractivity contribution in [3.05, 3.63) is 73.1 Å². The fourth-order valence-corrected chi connectivity index (χ4v) is 3.87. The van der Waals surface area contributed by atoms with Crippen molar-refractivity contribution in [3.8, 4) is 11.5 Å². The normalized spacial score (nSPS) is 15.6. The molecule has 2 heterocycles. The zero-order valence-corrected chi connectivity index (χ0v) is 18.4. The molecule has 2 amide bonds. The van der Waals surface area contributed by atoms with Crippen LogP contribution in [0.4, 0.5) is 5.69 Å². The maximum absolute atomic E-state index is 12.8. The van der Waals surface area contributed by atoms with Crippen LogP contribution < -0.4 is 14.8 Å². The summed E-state index contributed by atoms with van der Waals surface area (Å²) < 4.78 is 12.9. The fourth-order valence-electron chi connectivity index (χ4n) is 3.87. The lowest BCUT2D eigenvalue weighted by atomic mass is 10.0. The van der Waals surface area contributed by atoms with Gasteiger partial charge in [-0.15, -0.1) is 0 Å². The van der Waals surface area contributed by atoms with Gasteiger partial charge in [-0.2, -0.15) is 5.10 Å².